The molecule has 1 atom stereocenters. The van der Waals surface area contributed by atoms with Crippen molar-refractivity contribution in [1.82, 2.24) is 10.6 Å². The maximum Gasteiger partial charge on any atom is 0.338 e. The Morgan fingerprint density at radius 3 is 2.66 bits per heavy atom. The monoisotopic (exact) mass is 412 g/mol. The molecular formula is C22H24N2O4S. The summed E-state index contributed by atoms with van der Waals surface area (Å²) in [4.78, 5) is 12.7. The quantitative estimate of drug-likeness (QED) is 0.392. The third-order valence-corrected chi connectivity index (χ3v) is 4.67. The predicted octanol–water partition coefficient (Wildman–Crippen LogP) is 3.25. The normalized spacial score (nSPS) is 16.1. The van der Waals surface area contributed by atoms with Gasteiger partial charge in [0, 0.05) is 12.8 Å². The Labute approximate surface area is 175 Å². The van der Waals surface area contributed by atoms with Gasteiger partial charge in [-0.2, -0.15) is 0 Å². The molecule has 0 radical (unpaired) electrons. The molecule has 0 fully saturated rings. The molecule has 0 bridgehead atoms. The minimum Gasteiger partial charge on any atom is -0.489 e. The van der Waals surface area contributed by atoms with Crippen LogP contribution in [0.15, 0.2) is 65.9 Å². The van der Waals surface area contributed by atoms with Crippen molar-refractivity contribution in [2.75, 3.05) is 20.3 Å². The second kappa shape index (κ2) is 10.0. The van der Waals surface area contributed by atoms with Crippen LogP contribution in [0.25, 0.3) is 0 Å². The van der Waals surface area contributed by atoms with Crippen LogP contribution in [0.5, 0.6) is 5.75 Å². The standard InChI is InChI=1S/C22H24N2O4S/c1-15-19(21(25)27-12-11-26-2)20(24-22(29)23-15)17-9-6-10-18(13-17)28-14-16-7-4-3-5-8-16/h3-10,13,20H,11-12,14H2,1-2H3,(H2,23,24,29)/t20-/m1/s1. The van der Waals surface area contributed by atoms with Crippen LogP contribution in [0.4, 0.5) is 0 Å². The van der Waals surface area contributed by atoms with Crippen LogP contribution in [0.2, 0.25) is 0 Å². The first kappa shape index (κ1) is 20.8. The zero-order valence-corrected chi connectivity index (χ0v) is 17.3. The average molecular weight is 413 g/mol. The number of methoxy groups -OCH3 is 1. The lowest BCUT2D eigenvalue weighted by Gasteiger charge is -2.30. The van der Waals surface area contributed by atoms with E-state index in [0.29, 0.717) is 35.3 Å². The van der Waals surface area contributed by atoms with E-state index in [4.69, 9.17) is 26.4 Å². The number of ether oxygens (including phenoxy) is 3. The number of carbonyl (C=O) groups excluding carboxylic acids is 1. The lowest BCUT2D eigenvalue weighted by molar-refractivity contribution is -0.140. The smallest absolute Gasteiger partial charge is 0.338 e. The van der Waals surface area contributed by atoms with Gasteiger partial charge in [0.15, 0.2) is 5.11 Å². The summed E-state index contributed by atoms with van der Waals surface area (Å²) >= 11 is 5.29. The van der Waals surface area contributed by atoms with E-state index in [2.05, 4.69) is 10.6 Å². The van der Waals surface area contributed by atoms with Gasteiger partial charge in [0.25, 0.3) is 0 Å². The van der Waals surface area contributed by atoms with Crippen molar-refractivity contribution in [2.45, 2.75) is 19.6 Å². The molecule has 6 nitrogen and oxygen atoms in total. The van der Waals surface area contributed by atoms with E-state index in [0.717, 1.165) is 11.1 Å². The zero-order chi connectivity index (χ0) is 20.6. The van der Waals surface area contributed by atoms with Crippen LogP contribution in [0.1, 0.15) is 24.1 Å². The van der Waals surface area contributed by atoms with E-state index in [1.54, 1.807) is 7.11 Å². The molecule has 7 heteroatoms. The number of hydrogen-bond acceptors (Lipinski definition) is 5. The molecule has 0 saturated heterocycles. The van der Waals surface area contributed by atoms with E-state index in [1.807, 2.05) is 61.5 Å². The van der Waals surface area contributed by atoms with Gasteiger partial charge < -0.3 is 24.8 Å². The van der Waals surface area contributed by atoms with Crippen LogP contribution in [-0.2, 0) is 20.9 Å². The molecule has 1 aliphatic rings. The lowest BCUT2D eigenvalue weighted by atomic mass is 9.95. The first-order chi connectivity index (χ1) is 14.1. The summed E-state index contributed by atoms with van der Waals surface area (Å²) in [5.74, 6) is 0.296. The summed E-state index contributed by atoms with van der Waals surface area (Å²) in [5, 5.41) is 6.61. The number of esters is 1. The number of rotatable bonds is 8. The first-order valence-corrected chi connectivity index (χ1v) is 9.70. The Kier molecular flexibility index (Phi) is 7.21. The van der Waals surface area contributed by atoms with Crippen molar-refractivity contribution >= 4 is 23.3 Å². The molecule has 0 amide bonds. The molecule has 0 saturated carbocycles. The third kappa shape index (κ3) is 5.56. The van der Waals surface area contributed by atoms with E-state index in [9.17, 15) is 4.79 Å². The van der Waals surface area contributed by atoms with Crippen molar-refractivity contribution in [2.24, 2.45) is 0 Å². The van der Waals surface area contributed by atoms with Crippen molar-refractivity contribution in [3.63, 3.8) is 0 Å². The Morgan fingerprint density at radius 2 is 1.90 bits per heavy atom. The summed E-state index contributed by atoms with van der Waals surface area (Å²) < 4.78 is 16.2. The minimum atomic E-state index is -0.431. The van der Waals surface area contributed by atoms with Crippen molar-refractivity contribution in [3.05, 3.63) is 77.0 Å². The molecule has 0 aromatic heterocycles. The maximum absolute atomic E-state index is 12.7. The number of carbonyl (C=O) groups is 1. The van der Waals surface area contributed by atoms with Gasteiger partial charge in [-0.3, -0.25) is 0 Å². The van der Waals surface area contributed by atoms with Gasteiger partial charge in [-0.1, -0.05) is 42.5 Å². The molecule has 29 heavy (non-hydrogen) atoms. The largest absolute Gasteiger partial charge is 0.489 e. The molecule has 2 aromatic carbocycles. The highest BCUT2D eigenvalue weighted by Gasteiger charge is 2.31. The summed E-state index contributed by atoms with van der Waals surface area (Å²) in [6.07, 6.45) is 0. The molecule has 0 spiro atoms. The second-order valence-corrected chi connectivity index (χ2v) is 6.95. The fourth-order valence-electron chi connectivity index (χ4n) is 3.03. The number of hydrogen-bond donors (Lipinski definition) is 2. The molecule has 1 heterocycles. The van der Waals surface area contributed by atoms with Gasteiger partial charge in [0.2, 0.25) is 0 Å². The fourth-order valence-corrected chi connectivity index (χ4v) is 3.31. The van der Waals surface area contributed by atoms with Gasteiger partial charge in [-0.15, -0.1) is 0 Å². The summed E-state index contributed by atoms with van der Waals surface area (Å²) in [7, 11) is 1.56. The lowest BCUT2D eigenvalue weighted by Crippen LogP contribution is -2.45. The Morgan fingerprint density at radius 1 is 1.10 bits per heavy atom. The third-order valence-electron chi connectivity index (χ3n) is 4.45. The Balaban J connectivity index is 1.80. The highest BCUT2D eigenvalue weighted by atomic mass is 32.1. The van der Waals surface area contributed by atoms with Crippen molar-refractivity contribution in [1.29, 1.82) is 0 Å². The van der Waals surface area contributed by atoms with Gasteiger partial charge >= 0.3 is 5.97 Å². The van der Waals surface area contributed by atoms with E-state index in [1.165, 1.54) is 0 Å². The Hall–Kier alpha value is -2.90. The zero-order valence-electron chi connectivity index (χ0n) is 16.4. The molecule has 152 valence electrons. The first-order valence-electron chi connectivity index (χ1n) is 9.29. The molecule has 2 N–H and O–H groups in total. The maximum atomic E-state index is 12.7. The summed E-state index contributed by atoms with van der Waals surface area (Å²) in [5.41, 5.74) is 3.08. The van der Waals surface area contributed by atoms with Gasteiger partial charge in [0.1, 0.15) is 19.0 Å². The highest BCUT2D eigenvalue weighted by molar-refractivity contribution is 7.80. The number of thiocarbonyl (C=S) groups is 1. The molecular weight excluding hydrogens is 388 g/mol. The SMILES string of the molecule is COCCOC(=O)C1=C(C)NC(=S)N[C@@H]1c1cccc(OCc2ccccc2)c1. The number of benzene rings is 2. The highest BCUT2D eigenvalue weighted by Crippen LogP contribution is 2.30. The van der Waals surface area contributed by atoms with E-state index in [-0.39, 0.29) is 6.61 Å². The molecule has 0 unspecified atom stereocenters. The number of nitrogens with one attached hydrogen (secondary N) is 2. The molecule has 0 aliphatic carbocycles. The molecule has 2 aromatic rings. The van der Waals surface area contributed by atoms with Crippen molar-refractivity contribution < 1.29 is 19.0 Å². The summed E-state index contributed by atoms with van der Waals surface area (Å²) in [6, 6.07) is 17.1. The van der Waals surface area contributed by atoms with Gasteiger partial charge in [0.05, 0.1) is 18.2 Å². The van der Waals surface area contributed by atoms with Crippen LogP contribution in [0.3, 0.4) is 0 Å². The van der Waals surface area contributed by atoms with Crippen LogP contribution in [0, 0.1) is 0 Å². The molecule has 3 rings (SSSR count). The van der Waals surface area contributed by atoms with E-state index >= 15 is 0 Å². The van der Waals surface area contributed by atoms with Gasteiger partial charge in [-0.25, -0.2) is 4.79 Å². The predicted molar refractivity (Wildman–Crippen MR) is 114 cm³/mol. The second-order valence-electron chi connectivity index (χ2n) is 6.55. The topological polar surface area (TPSA) is 68.8 Å². The summed E-state index contributed by atoms with van der Waals surface area (Å²) in [6.45, 7) is 2.79. The van der Waals surface area contributed by atoms with Crippen molar-refractivity contribution in [3.8, 4) is 5.75 Å². The number of allylic oxidation sites excluding steroid dienone is 1. The minimum absolute atomic E-state index is 0.184. The molecule has 1 aliphatic heterocycles. The Bertz CT molecular complexity index is 899. The fraction of sp³-hybridized carbons (Fsp3) is 0.273. The average Bonchev–Trinajstić information content (AvgIpc) is 2.73. The van der Waals surface area contributed by atoms with Gasteiger partial charge in [-0.05, 0) is 42.4 Å². The van der Waals surface area contributed by atoms with E-state index < -0.39 is 12.0 Å². The van der Waals surface area contributed by atoms with Crippen LogP contribution >= 0.6 is 12.2 Å². The van der Waals surface area contributed by atoms with Crippen LogP contribution < -0.4 is 15.4 Å². The van der Waals surface area contributed by atoms with Crippen LogP contribution in [-0.4, -0.2) is 31.4 Å².